The van der Waals surface area contributed by atoms with Crippen LogP contribution in [0.2, 0.25) is 0 Å². The smallest absolute Gasteiger partial charge is 0.240 e. The summed E-state index contributed by atoms with van der Waals surface area (Å²) >= 11 is 0. The van der Waals surface area contributed by atoms with E-state index in [-0.39, 0.29) is 16.6 Å². The molecule has 0 heterocycles. The molecule has 28 heavy (non-hydrogen) atoms. The van der Waals surface area contributed by atoms with E-state index in [2.05, 4.69) is 29.0 Å². The number of benzene rings is 3. The molecular weight excluding hydrogens is 370 g/mol. The van der Waals surface area contributed by atoms with E-state index in [1.165, 1.54) is 31.2 Å². The molecule has 0 radical (unpaired) electrons. The fraction of sp³-hybridized carbons (Fsp3) is 0.174. The highest BCUT2D eigenvalue weighted by Crippen LogP contribution is 2.27. The first-order valence-electron chi connectivity index (χ1n) is 9.18. The lowest BCUT2D eigenvalue weighted by Gasteiger charge is -2.18. The predicted octanol–water partition coefficient (Wildman–Crippen LogP) is 4.39. The van der Waals surface area contributed by atoms with Crippen LogP contribution in [0.3, 0.4) is 0 Å². The fourth-order valence-corrected chi connectivity index (χ4v) is 4.23. The predicted molar refractivity (Wildman–Crippen MR) is 111 cm³/mol. The molecule has 144 valence electrons. The summed E-state index contributed by atoms with van der Waals surface area (Å²) in [5.74, 6) is 0.00987. The molecule has 0 aliphatic heterocycles. The Morgan fingerprint density at radius 1 is 0.821 bits per heavy atom. The summed E-state index contributed by atoms with van der Waals surface area (Å²) in [6.07, 6.45) is 0.638. The Morgan fingerprint density at radius 2 is 1.32 bits per heavy atom. The first kappa shape index (κ1) is 20.0. The van der Waals surface area contributed by atoms with E-state index >= 15 is 0 Å². The van der Waals surface area contributed by atoms with Gasteiger partial charge < -0.3 is 0 Å². The minimum atomic E-state index is -3.62. The maximum atomic E-state index is 12.6. The molecule has 0 spiro atoms. The van der Waals surface area contributed by atoms with Gasteiger partial charge in [-0.3, -0.25) is 4.79 Å². The van der Waals surface area contributed by atoms with E-state index in [4.69, 9.17) is 0 Å². The molecule has 3 aromatic carbocycles. The van der Waals surface area contributed by atoms with Gasteiger partial charge in [0.2, 0.25) is 10.0 Å². The third-order valence-electron chi connectivity index (χ3n) is 4.70. The van der Waals surface area contributed by atoms with E-state index in [0.717, 1.165) is 11.1 Å². The molecule has 3 aromatic rings. The van der Waals surface area contributed by atoms with E-state index in [0.29, 0.717) is 18.5 Å². The molecule has 0 saturated carbocycles. The number of nitrogens with one attached hydrogen (secondary N) is 1. The topological polar surface area (TPSA) is 63.2 Å². The molecule has 0 aromatic heterocycles. The Balaban J connectivity index is 1.72. The van der Waals surface area contributed by atoms with Crippen molar-refractivity contribution in [3.63, 3.8) is 0 Å². The molecule has 4 nitrogen and oxygen atoms in total. The van der Waals surface area contributed by atoms with Crippen LogP contribution < -0.4 is 4.72 Å². The highest BCUT2D eigenvalue weighted by atomic mass is 32.2. The Bertz CT molecular complexity index is 975. The third kappa shape index (κ3) is 4.94. The summed E-state index contributed by atoms with van der Waals surface area (Å²) in [5, 5.41) is 0. The molecule has 0 aliphatic carbocycles. The van der Waals surface area contributed by atoms with Gasteiger partial charge in [-0.2, -0.15) is 0 Å². The SMILES string of the molecule is CC(=O)c1ccc(S(=O)(=O)NCCC(c2ccccc2)c2ccccc2)cc1. The van der Waals surface area contributed by atoms with Gasteiger partial charge in [0.1, 0.15) is 0 Å². The second-order valence-corrected chi connectivity index (χ2v) is 8.41. The maximum Gasteiger partial charge on any atom is 0.240 e. The zero-order chi connectivity index (χ0) is 20.0. The lowest BCUT2D eigenvalue weighted by molar-refractivity contribution is 0.101. The second-order valence-electron chi connectivity index (χ2n) is 6.64. The van der Waals surface area contributed by atoms with E-state index < -0.39 is 10.0 Å². The van der Waals surface area contributed by atoms with Crippen LogP contribution in [-0.2, 0) is 10.0 Å². The molecule has 0 atom stereocenters. The van der Waals surface area contributed by atoms with Crippen molar-refractivity contribution in [2.75, 3.05) is 6.54 Å². The summed E-state index contributed by atoms with van der Waals surface area (Å²) in [4.78, 5) is 11.5. The van der Waals surface area contributed by atoms with Crippen LogP contribution in [-0.4, -0.2) is 20.7 Å². The molecule has 0 unspecified atom stereocenters. The zero-order valence-electron chi connectivity index (χ0n) is 15.7. The Kier molecular flexibility index (Phi) is 6.39. The van der Waals surface area contributed by atoms with Crippen LogP contribution in [0.25, 0.3) is 0 Å². The third-order valence-corrected chi connectivity index (χ3v) is 6.18. The van der Waals surface area contributed by atoms with Crippen molar-refractivity contribution in [1.29, 1.82) is 0 Å². The van der Waals surface area contributed by atoms with Crippen molar-refractivity contribution < 1.29 is 13.2 Å². The first-order chi connectivity index (χ1) is 13.5. The van der Waals surface area contributed by atoms with Crippen LogP contribution >= 0.6 is 0 Å². The van der Waals surface area contributed by atoms with Gasteiger partial charge in [0.15, 0.2) is 5.78 Å². The fourth-order valence-electron chi connectivity index (χ4n) is 3.19. The van der Waals surface area contributed by atoms with Gasteiger partial charge in [0.05, 0.1) is 4.90 Å². The molecule has 0 amide bonds. The monoisotopic (exact) mass is 393 g/mol. The van der Waals surface area contributed by atoms with Crippen LogP contribution in [0.4, 0.5) is 0 Å². The molecule has 0 aliphatic rings. The van der Waals surface area contributed by atoms with Crippen LogP contribution in [0.15, 0.2) is 89.8 Å². The summed E-state index contributed by atoms with van der Waals surface area (Å²) in [7, 11) is -3.62. The summed E-state index contributed by atoms with van der Waals surface area (Å²) in [6.45, 7) is 1.76. The van der Waals surface area contributed by atoms with Crippen molar-refractivity contribution in [3.05, 3.63) is 102 Å². The Hall–Kier alpha value is -2.76. The molecule has 0 saturated heterocycles. The lowest BCUT2D eigenvalue weighted by Crippen LogP contribution is -2.26. The van der Waals surface area contributed by atoms with Crippen molar-refractivity contribution in [1.82, 2.24) is 4.72 Å². The van der Waals surface area contributed by atoms with E-state index in [1.54, 1.807) is 0 Å². The minimum absolute atomic E-state index is 0.0922. The molecular formula is C23H23NO3S. The number of carbonyl (C=O) groups excluding carboxylic acids is 1. The molecule has 0 bridgehead atoms. The molecule has 3 rings (SSSR count). The number of carbonyl (C=O) groups is 1. The summed E-state index contributed by atoms with van der Waals surface area (Å²) < 4.78 is 27.8. The van der Waals surface area contributed by atoms with E-state index in [1.807, 2.05) is 36.4 Å². The molecule has 5 heteroatoms. The van der Waals surface area contributed by atoms with Gasteiger partial charge in [0, 0.05) is 18.0 Å². The Morgan fingerprint density at radius 3 is 1.79 bits per heavy atom. The minimum Gasteiger partial charge on any atom is -0.295 e. The summed E-state index contributed by atoms with van der Waals surface area (Å²) in [6, 6.07) is 26.2. The zero-order valence-corrected chi connectivity index (χ0v) is 16.5. The standard InChI is InChI=1S/C23H23NO3S/c1-18(25)19-12-14-22(15-13-19)28(26,27)24-17-16-23(20-8-4-2-5-9-20)21-10-6-3-7-11-21/h2-15,23-24H,16-17H2,1H3. The number of hydrogen-bond acceptors (Lipinski definition) is 3. The van der Waals surface area contributed by atoms with Gasteiger partial charge in [-0.1, -0.05) is 72.8 Å². The van der Waals surface area contributed by atoms with Crippen LogP contribution in [0, 0.1) is 0 Å². The summed E-state index contributed by atoms with van der Waals surface area (Å²) in [5.41, 5.74) is 2.80. The van der Waals surface area contributed by atoms with Gasteiger partial charge in [-0.25, -0.2) is 13.1 Å². The molecule has 0 fully saturated rings. The van der Waals surface area contributed by atoms with Gasteiger partial charge in [-0.15, -0.1) is 0 Å². The van der Waals surface area contributed by atoms with Crippen molar-refractivity contribution in [2.45, 2.75) is 24.2 Å². The average Bonchev–Trinajstić information content (AvgIpc) is 2.72. The van der Waals surface area contributed by atoms with Gasteiger partial charge in [0.25, 0.3) is 0 Å². The quantitative estimate of drug-likeness (QED) is 0.577. The number of Topliss-reactive ketones (excluding diaryl/α,β-unsaturated/α-hetero) is 1. The van der Waals surface area contributed by atoms with Gasteiger partial charge in [-0.05, 0) is 36.6 Å². The van der Waals surface area contributed by atoms with Crippen LogP contribution in [0.5, 0.6) is 0 Å². The number of rotatable bonds is 8. The Labute approximate surface area is 166 Å². The van der Waals surface area contributed by atoms with Gasteiger partial charge >= 0.3 is 0 Å². The lowest BCUT2D eigenvalue weighted by atomic mass is 9.89. The van der Waals surface area contributed by atoms with E-state index in [9.17, 15) is 13.2 Å². The van der Waals surface area contributed by atoms with Crippen molar-refractivity contribution >= 4 is 15.8 Å². The average molecular weight is 394 g/mol. The molecule has 1 N–H and O–H groups in total. The normalized spacial score (nSPS) is 11.5. The highest BCUT2D eigenvalue weighted by Gasteiger charge is 2.17. The first-order valence-corrected chi connectivity index (χ1v) is 10.7. The number of sulfonamides is 1. The largest absolute Gasteiger partial charge is 0.295 e. The number of hydrogen-bond donors (Lipinski definition) is 1. The highest BCUT2D eigenvalue weighted by molar-refractivity contribution is 7.89. The van der Waals surface area contributed by atoms with Crippen LogP contribution in [0.1, 0.15) is 40.7 Å². The maximum absolute atomic E-state index is 12.6. The second kappa shape index (κ2) is 8.95. The number of ketones is 1. The van der Waals surface area contributed by atoms with Crippen molar-refractivity contribution in [3.8, 4) is 0 Å². The van der Waals surface area contributed by atoms with Crippen molar-refractivity contribution in [2.24, 2.45) is 0 Å².